The summed E-state index contributed by atoms with van der Waals surface area (Å²) in [6.45, 7) is 4.06. The van der Waals surface area contributed by atoms with Crippen LogP contribution in [0.5, 0.6) is 0 Å². The first-order chi connectivity index (χ1) is 13.6. The van der Waals surface area contributed by atoms with E-state index in [1.54, 1.807) is 19.9 Å². The van der Waals surface area contributed by atoms with E-state index in [1.807, 2.05) is 30.3 Å². The van der Waals surface area contributed by atoms with E-state index in [-0.39, 0.29) is 29.3 Å². The van der Waals surface area contributed by atoms with Crippen molar-refractivity contribution < 1.29 is 18.0 Å². The van der Waals surface area contributed by atoms with Crippen LogP contribution in [0.1, 0.15) is 33.5 Å². The van der Waals surface area contributed by atoms with Crippen LogP contribution in [0, 0.1) is 13.8 Å². The van der Waals surface area contributed by atoms with Gasteiger partial charge in [0.2, 0.25) is 15.9 Å². The summed E-state index contributed by atoms with van der Waals surface area (Å²) in [7, 11) is -0.766. The van der Waals surface area contributed by atoms with Gasteiger partial charge in [0.25, 0.3) is 5.91 Å². The molecule has 0 aliphatic heterocycles. The topological polar surface area (TPSA) is 95.6 Å². The summed E-state index contributed by atoms with van der Waals surface area (Å²) in [5, 5.41) is 5.47. The Morgan fingerprint density at radius 3 is 2.28 bits per heavy atom. The summed E-state index contributed by atoms with van der Waals surface area (Å²) in [5.74, 6) is -0.593. The number of amides is 2. The lowest BCUT2D eigenvalue weighted by Crippen LogP contribution is -2.31. The molecule has 29 heavy (non-hydrogen) atoms. The standard InChI is InChI=1S/C21H27N3O4S/c1-15-12-18(13-19(16(15)2)29(27,28)24(3)4)21(26)22-11-10-20(25)23-14-17-8-6-5-7-9-17/h5-9,12-13H,10-11,14H2,1-4H3,(H,22,26)(H,23,25). The van der Waals surface area contributed by atoms with Gasteiger partial charge in [0.1, 0.15) is 0 Å². The fourth-order valence-corrected chi connectivity index (χ4v) is 3.92. The predicted molar refractivity (Wildman–Crippen MR) is 112 cm³/mol. The van der Waals surface area contributed by atoms with Gasteiger partial charge < -0.3 is 10.6 Å². The summed E-state index contributed by atoms with van der Waals surface area (Å²) < 4.78 is 26.1. The van der Waals surface area contributed by atoms with E-state index < -0.39 is 15.9 Å². The highest BCUT2D eigenvalue weighted by Crippen LogP contribution is 2.23. The molecular formula is C21H27N3O4S. The van der Waals surface area contributed by atoms with Crippen LogP contribution in [-0.2, 0) is 21.4 Å². The zero-order valence-electron chi connectivity index (χ0n) is 17.2. The molecule has 0 fully saturated rings. The van der Waals surface area contributed by atoms with Crippen molar-refractivity contribution in [1.29, 1.82) is 0 Å². The van der Waals surface area contributed by atoms with E-state index in [1.165, 1.54) is 20.2 Å². The first-order valence-electron chi connectivity index (χ1n) is 9.25. The smallest absolute Gasteiger partial charge is 0.251 e. The van der Waals surface area contributed by atoms with Crippen LogP contribution in [0.25, 0.3) is 0 Å². The number of carbonyl (C=O) groups excluding carboxylic acids is 2. The molecule has 2 N–H and O–H groups in total. The molecule has 0 bridgehead atoms. The molecule has 0 atom stereocenters. The maximum absolute atomic E-state index is 12.5. The number of sulfonamides is 1. The lowest BCUT2D eigenvalue weighted by Gasteiger charge is -2.16. The third-order valence-corrected chi connectivity index (χ3v) is 6.55. The van der Waals surface area contributed by atoms with Gasteiger partial charge in [-0.1, -0.05) is 30.3 Å². The van der Waals surface area contributed by atoms with Gasteiger partial charge in [-0.05, 0) is 42.7 Å². The Morgan fingerprint density at radius 1 is 1.00 bits per heavy atom. The highest BCUT2D eigenvalue weighted by atomic mass is 32.2. The van der Waals surface area contributed by atoms with E-state index in [0.29, 0.717) is 17.7 Å². The van der Waals surface area contributed by atoms with Crippen LogP contribution in [0.4, 0.5) is 0 Å². The van der Waals surface area contributed by atoms with Crippen LogP contribution in [0.3, 0.4) is 0 Å². The third-order valence-electron chi connectivity index (χ3n) is 4.61. The lowest BCUT2D eigenvalue weighted by molar-refractivity contribution is -0.121. The van der Waals surface area contributed by atoms with Crippen molar-refractivity contribution >= 4 is 21.8 Å². The quantitative estimate of drug-likeness (QED) is 0.687. The first kappa shape index (κ1) is 22.6. The average molecular weight is 418 g/mol. The molecule has 2 rings (SSSR count). The molecule has 8 heteroatoms. The van der Waals surface area contributed by atoms with E-state index >= 15 is 0 Å². The SMILES string of the molecule is Cc1cc(C(=O)NCCC(=O)NCc2ccccc2)cc(S(=O)(=O)N(C)C)c1C. The highest BCUT2D eigenvalue weighted by Gasteiger charge is 2.23. The molecule has 156 valence electrons. The van der Waals surface area contributed by atoms with Crippen molar-refractivity contribution in [2.75, 3.05) is 20.6 Å². The summed E-state index contributed by atoms with van der Waals surface area (Å²) in [6.07, 6.45) is 0.131. The van der Waals surface area contributed by atoms with Crippen molar-refractivity contribution in [3.8, 4) is 0 Å². The molecule has 7 nitrogen and oxygen atoms in total. The minimum absolute atomic E-state index is 0.105. The number of nitrogens with zero attached hydrogens (tertiary/aromatic N) is 1. The molecule has 0 spiro atoms. The van der Waals surface area contributed by atoms with Gasteiger partial charge in [-0.3, -0.25) is 9.59 Å². The van der Waals surface area contributed by atoms with Gasteiger partial charge in [-0.25, -0.2) is 12.7 Å². The van der Waals surface area contributed by atoms with Gasteiger partial charge in [-0.2, -0.15) is 0 Å². The fraction of sp³-hybridized carbons (Fsp3) is 0.333. The molecule has 2 amide bonds. The Hall–Kier alpha value is -2.71. The zero-order valence-corrected chi connectivity index (χ0v) is 18.0. The molecule has 0 aromatic heterocycles. The second-order valence-corrected chi connectivity index (χ2v) is 9.09. The van der Waals surface area contributed by atoms with Gasteiger partial charge in [-0.15, -0.1) is 0 Å². The molecule has 0 aliphatic rings. The highest BCUT2D eigenvalue weighted by molar-refractivity contribution is 7.89. The number of benzene rings is 2. The molecule has 0 radical (unpaired) electrons. The molecule has 0 heterocycles. The van der Waals surface area contributed by atoms with Crippen molar-refractivity contribution in [3.05, 3.63) is 64.7 Å². The van der Waals surface area contributed by atoms with Crippen LogP contribution >= 0.6 is 0 Å². The second kappa shape index (κ2) is 9.67. The van der Waals surface area contributed by atoms with E-state index in [0.717, 1.165) is 9.87 Å². The fourth-order valence-electron chi connectivity index (χ4n) is 2.70. The largest absolute Gasteiger partial charge is 0.352 e. The van der Waals surface area contributed by atoms with E-state index in [4.69, 9.17) is 0 Å². The van der Waals surface area contributed by atoms with Crippen molar-refractivity contribution in [1.82, 2.24) is 14.9 Å². The molecule has 0 unspecified atom stereocenters. The lowest BCUT2D eigenvalue weighted by atomic mass is 10.1. The molecule has 0 saturated carbocycles. The van der Waals surface area contributed by atoms with E-state index in [2.05, 4.69) is 10.6 Å². The van der Waals surface area contributed by atoms with Crippen molar-refractivity contribution in [3.63, 3.8) is 0 Å². The van der Waals surface area contributed by atoms with Crippen LogP contribution in [0.2, 0.25) is 0 Å². The summed E-state index contributed by atoms with van der Waals surface area (Å²) in [4.78, 5) is 24.5. The number of carbonyl (C=O) groups is 2. The molecular weight excluding hydrogens is 390 g/mol. The number of nitrogens with one attached hydrogen (secondary N) is 2. The summed E-state index contributed by atoms with van der Waals surface area (Å²) in [5.41, 5.74) is 2.56. The minimum atomic E-state index is -3.66. The van der Waals surface area contributed by atoms with E-state index in [9.17, 15) is 18.0 Å². The first-order valence-corrected chi connectivity index (χ1v) is 10.7. The summed E-state index contributed by atoms with van der Waals surface area (Å²) in [6, 6.07) is 12.6. The Morgan fingerprint density at radius 2 is 1.66 bits per heavy atom. The number of rotatable bonds is 8. The number of hydrogen-bond acceptors (Lipinski definition) is 4. The Balaban J connectivity index is 1.97. The Kier molecular flexibility index (Phi) is 7.53. The molecule has 0 aliphatic carbocycles. The monoisotopic (exact) mass is 417 g/mol. The van der Waals surface area contributed by atoms with Crippen LogP contribution in [-0.4, -0.2) is 45.2 Å². The Bertz CT molecular complexity index is 986. The molecule has 2 aromatic carbocycles. The molecule has 2 aromatic rings. The van der Waals surface area contributed by atoms with Gasteiger partial charge in [0, 0.05) is 39.2 Å². The average Bonchev–Trinajstić information content (AvgIpc) is 2.68. The van der Waals surface area contributed by atoms with Gasteiger partial charge in [0.05, 0.1) is 4.90 Å². The van der Waals surface area contributed by atoms with Crippen molar-refractivity contribution in [2.45, 2.75) is 31.7 Å². The van der Waals surface area contributed by atoms with Crippen LogP contribution in [0.15, 0.2) is 47.4 Å². The zero-order chi connectivity index (χ0) is 21.6. The van der Waals surface area contributed by atoms with Crippen molar-refractivity contribution in [2.24, 2.45) is 0 Å². The predicted octanol–water partition coefficient (Wildman–Crippen LogP) is 1.99. The van der Waals surface area contributed by atoms with Crippen LogP contribution < -0.4 is 10.6 Å². The Labute approximate surface area is 172 Å². The van der Waals surface area contributed by atoms with Gasteiger partial charge >= 0.3 is 0 Å². The maximum atomic E-state index is 12.5. The third kappa shape index (κ3) is 5.88. The summed E-state index contributed by atoms with van der Waals surface area (Å²) >= 11 is 0. The number of hydrogen-bond donors (Lipinski definition) is 2. The maximum Gasteiger partial charge on any atom is 0.251 e. The molecule has 0 saturated heterocycles. The normalized spacial score (nSPS) is 11.3. The minimum Gasteiger partial charge on any atom is -0.352 e. The number of aryl methyl sites for hydroxylation is 1. The van der Waals surface area contributed by atoms with Gasteiger partial charge in [0.15, 0.2) is 0 Å². The second-order valence-electron chi connectivity index (χ2n) is 6.97.